The van der Waals surface area contributed by atoms with Crippen LogP contribution in [-0.2, 0) is 16.4 Å². The molecule has 1 amide bonds. The highest BCUT2D eigenvalue weighted by Gasteiger charge is 2.28. The predicted octanol–water partition coefficient (Wildman–Crippen LogP) is 2.11. The molecule has 3 N–H and O–H groups in total. The number of hydrogen-bond donors (Lipinski definition) is 3. The highest BCUT2D eigenvalue weighted by atomic mass is 32.2. The molecule has 4 rings (SSSR count). The zero-order chi connectivity index (χ0) is 18.3. The van der Waals surface area contributed by atoms with Gasteiger partial charge in [-0.25, -0.2) is 13.1 Å². The summed E-state index contributed by atoms with van der Waals surface area (Å²) < 4.78 is 28.1. The molecular formula is C19H19N3O3S. The summed E-state index contributed by atoms with van der Waals surface area (Å²) in [5, 5.41) is 3.74. The van der Waals surface area contributed by atoms with Gasteiger partial charge in [-0.2, -0.15) is 0 Å². The van der Waals surface area contributed by atoms with Gasteiger partial charge in [-0.1, -0.05) is 35.9 Å². The van der Waals surface area contributed by atoms with Crippen molar-refractivity contribution in [3.8, 4) is 0 Å². The molecule has 0 fully saturated rings. The van der Waals surface area contributed by atoms with Gasteiger partial charge in [0.2, 0.25) is 10.0 Å². The molecule has 1 atom stereocenters. The number of carbonyl (C=O) groups is 1. The molecule has 0 aliphatic carbocycles. The van der Waals surface area contributed by atoms with E-state index in [4.69, 9.17) is 0 Å². The number of carbonyl (C=O) groups excluding carboxylic acids is 1. The van der Waals surface area contributed by atoms with E-state index in [2.05, 4.69) is 15.0 Å². The molecule has 1 aromatic heterocycles. The lowest BCUT2D eigenvalue weighted by Crippen LogP contribution is -2.43. The minimum absolute atomic E-state index is 0.215. The Bertz CT molecular complexity index is 1080. The van der Waals surface area contributed by atoms with Crippen molar-refractivity contribution < 1.29 is 13.2 Å². The predicted molar refractivity (Wildman–Crippen MR) is 99.6 cm³/mol. The highest BCUT2D eigenvalue weighted by Crippen LogP contribution is 2.25. The average molecular weight is 369 g/mol. The average Bonchev–Trinajstić information content (AvgIpc) is 2.91. The van der Waals surface area contributed by atoms with E-state index in [1.807, 2.05) is 31.2 Å². The molecule has 0 saturated heterocycles. The number of hydrogen-bond acceptors (Lipinski definition) is 3. The summed E-state index contributed by atoms with van der Waals surface area (Å²) in [6, 6.07) is 13.9. The Balaban J connectivity index is 1.66. The topological polar surface area (TPSA) is 91.1 Å². The lowest BCUT2D eigenvalue weighted by molar-refractivity contribution is 0.0950. The van der Waals surface area contributed by atoms with Crippen LogP contribution in [0.25, 0.3) is 10.9 Å². The van der Waals surface area contributed by atoms with Gasteiger partial charge in [0, 0.05) is 23.5 Å². The molecule has 1 aliphatic rings. The maximum atomic E-state index is 12.7. The minimum Gasteiger partial charge on any atom is -0.350 e. The number of fused-ring (bicyclic) bond motifs is 3. The van der Waals surface area contributed by atoms with Gasteiger partial charge < -0.3 is 10.3 Å². The lowest BCUT2D eigenvalue weighted by atomic mass is 10.0. The first-order valence-electron chi connectivity index (χ1n) is 8.41. The molecule has 26 heavy (non-hydrogen) atoms. The van der Waals surface area contributed by atoms with Gasteiger partial charge in [-0.15, -0.1) is 0 Å². The summed E-state index contributed by atoms with van der Waals surface area (Å²) in [4.78, 5) is 15.7. The lowest BCUT2D eigenvalue weighted by Gasteiger charge is -2.17. The van der Waals surface area contributed by atoms with E-state index < -0.39 is 16.1 Å². The number of para-hydroxylation sites is 1. The maximum absolute atomic E-state index is 12.7. The Hall–Kier alpha value is -2.64. The molecule has 2 heterocycles. The Morgan fingerprint density at radius 2 is 1.81 bits per heavy atom. The number of amides is 1. The van der Waals surface area contributed by atoms with Gasteiger partial charge in [0.25, 0.3) is 5.91 Å². The second-order valence-electron chi connectivity index (χ2n) is 6.57. The van der Waals surface area contributed by atoms with Crippen LogP contribution < -0.4 is 10.0 Å². The zero-order valence-electron chi connectivity index (χ0n) is 14.2. The molecule has 0 bridgehead atoms. The maximum Gasteiger partial charge on any atom is 0.268 e. The van der Waals surface area contributed by atoms with Crippen molar-refractivity contribution in [2.75, 3.05) is 6.54 Å². The molecule has 0 spiro atoms. The number of aromatic amines is 1. The van der Waals surface area contributed by atoms with Crippen LogP contribution in [0, 0.1) is 6.92 Å². The number of benzene rings is 2. The standard InChI is InChI=1S/C19H19N3O3S/c1-12-6-8-14(9-7-12)26(24,25)22-13-10-16-15-4-2-3-5-17(15)21-18(16)19(23)20-11-13/h2-9,13,21-22H,10-11H2,1H3,(H,20,23)/t13-/m0/s1. The number of rotatable bonds is 3. The monoisotopic (exact) mass is 369 g/mol. The Morgan fingerprint density at radius 3 is 2.58 bits per heavy atom. The summed E-state index contributed by atoms with van der Waals surface area (Å²) in [5.74, 6) is -0.215. The van der Waals surface area contributed by atoms with Crippen LogP contribution >= 0.6 is 0 Å². The van der Waals surface area contributed by atoms with Gasteiger partial charge in [-0.3, -0.25) is 4.79 Å². The van der Waals surface area contributed by atoms with E-state index in [0.29, 0.717) is 12.1 Å². The fourth-order valence-electron chi connectivity index (χ4n) is 3.32. The summed E-state index contributed by atoms with van der Waals surface area (Å²) >= 11 is 0. The summed E-state index contributed by atoms with van der Waals surface area (Å²) in [7, 11) is -3.66. The molecular weight excluding hydrogens is 350 g/mol. The van der Waals surface area contributed by atoms with E-state index in [-0.39, 0.29) is 17.3 Å². The first-order valence-corrected chi connectivity index (χ1v) is 9.89. The van der Waals surface area contributed by atoms with Crippen molar-refractivity contribution in [3.05, 3.63) is 65.4 Å². The van der Waals surface area contributed by atoms with E-state index in [1.54, 1.807) is 24.3 Å². The van der Waals surface area contributed by atoms with Crippen LogP contribution in [-0.4, -0.2) is 31.9 Å². The van der Waals surface area contributed by atoms with Crippen molar-refractivity contribution in [1.29, 1.82) is 0 Å². The fraction of sp³-hybridized carbons (Fsp3) is 0.211. The molecule has 3 aromatic rings. The zero-order valence-corrected chi connectivity index (χ0v) is 15.1. The number of nitrogens with one attached hydrogen (secondary N) is 3. The van der Waals surface area contributed by atoms with Gasteiger partial charge in [0.15, 0.2) is 0 Å². The number of aromatic nitrogens is 1. The fourth-order valence-corrected chi connectivity index (χ4v) is 4.55. The number of H-pyrrole nitrogens is 1. The van der Waals surface area contributed by atoms with Crippen LogP contribution in [0.15, 0.2) is 53.4 Å². The number of aryl methyl sites for hydroxylation is 1. The summed E-state index contributed by atoms with van der Waals surface area (Å²) in [6.45, 7) is 2.14. The first-order chi connectivity index (χ1) is 12.4. The van der Waals surface area contributed by atoms with Crippen molar-refractivity contribution in [1.82, 2.24) is 15.0 Å². The molecule has 2 aromatic carbocycles. The smallest absolute Gasteiger partial charge is 0.268 e. The van der Waals surface area contributed by atoms with Crippen molar-refractivity contribution in [2.45, 2.75) is 24.3 Å². The largest absolute Gasteiger partial charge is 0.350 e. The second kappa shape index (κ2) is 6.26. The molecule has 0 radical (unpaired) electrons. The minimum atomic E-state index is -3.66. The Labute approximate surface area is 151 Å². The SMILES string of the molecule is Cc1ccc(S(=O)(=O)N[C@@H]2CNC(=O)c3[nH]c4ccccc4c3C2)cc1. The van der Waals surface area contributed by atoms with E-state index in [0.717, 1.165) is 22.0 Å². The van der Waals surface area contributed by atoms with Crippen LogP contribution in [0.4, 0.5) is 0 Å². The van der Waals surface area contributed by atoms with Gasteiger partial charge in [0.1, 0.15) is 5.69 Å². The third-order valence-electron chi connectivity index (χ3n) is 4.65. The molecule has 7 heteroatoms. The summed E-state index contributed by atoms with van der Waals surface area (Å²) in [5.41, 5.74) is 3.21. The van der Waals surface area contributed by atoms with Crippen LogP contribution in [0.5, 0.6) is 0 Å². The first kappa shape index (κ1) is 16.8. The van der Waals surface area contributed by atoms with E-state index >= 15 is 0 Å². The quantitative estimate of drug-likeness (QED) is 0.660. The summed E-state index contributed by atoms with van der Waals surface area (Å²) in [6.07, 6.45) is 0.434. The molecule has 134 valence electrons. The van der Waals surface area contributed by atoms with E-state index in [9.17, 15) is 13.2 Å². The van der Waals surface area contributed by atoms with Gasteiger partial charge in [-0.05, 0) is 37.1 Å². The molecule has 0 saturated carbocycles. The molecule has 1 aliphatic heterocycles. The van der Waals surface area contributed by atoms with Crippen molar-refractivity contribution >= 4 is 26.8 Å². The van der Waals surface area contributed by atoms with Gasteiger partial charge in [0.05, 0.1) is 4.90 Å². The van der Waals surface area contributed by atoms with Crippen molar-refractivity contribution in [2.24, 2.45) is 0 Å². The normalized spacial score (nSPS) is 17.6. The second-order valence-corrected chi connectivity index (χ2v) is 8.28. The van der Waals surface area contributed by atoms with Crippen molar-refractivity contribution in [3.63, 3.8) is 0 Å². The van der Waals surface area contributed by atoms with Gasteiger partial charge >= 0.3 is 0 Å². The van der Waals surface area contributed by atoms with Crippen LogP contribution in [0.1, 0.15) is 21.6 Å². The third kappa shape index (κ3) is 3.00. The van der Waals surface area contributed by atoms with Crippen LogP contribution in [0.3, 0.4) is 0 Å². The van der Waals surface area contributed by atoms with E-state index in [1.165, 1.54) is 0 Å². The molecule has 6 nitrogen and oxygen atoms in total. The highest BCUT2D eigenvalue weighted by molar-refractivity contribution is 7.89. The molecule has 0 unspecified atom stereocenters. The Morgan fingerprint density at radius 1 is 1.08 bits per heavy atom. The number of sulfonamides is 1. The van der Waals surface area contributed by atoms with Crippen LogP contribution in [0.2, 0.25) is 0 Å². The third-order valence-corrected chi connectivity index (χ3v) is 6.19. The Kier molecular flexibility index (Phi) is 4.05.